The molecular formula is C12H21N3O. The summed E-state index contributed by atoms with van der Waals surface area (Å²) in [5.74, 6) is 0.0849. The third-order valence-electron chi connectivity index (χ3n) is 2.70. The van der Waals surface area contributed by atoms with Crippen LogP contribution in [0.2, 0.25) is 0 Å². The minimum absolute atomic E-state index is 0.0849. The molecular weight excluding hydrogens is 202 g/mol. The van der Waals surface area contributed by atoms with Crippen LogP contribution in [-0.4, -0.2) is 35.0 Å². The first-order valence-corrected chi connectivity index (χ1v) is 5.41. The molecule has 4 nitrogen and oxygen atoms in total. The lowest BCUT2D eigenvalue weighted by atomic mass is 10.0. The summed E-state index contributed by atoms with van der Waals surface area (Å²) in [7, 11) is 5.54. The highest BCUT2D eigenvalue weighted by Gasteiger charge is 2.28. The van der Waals surface area contributed by atoms with Crippen LogP contribution in [0.1, 0.15) is 19.5 Å². The number of rotatable bonds is 4. The molecule has 0 spiro atoms. The monoisotopic (exact) mass is 223 g/mol. The topological polar surface area (TPSA) is 37.3 Å². The fourth-order valence-electron chi connectivity index (χ4n) is 1.63. The maximum atomic E-state index is 11.9. The molecule has 0 aliphatic rings. The van der Waals surface area contributed by atoms with Crippen molar-refractivity contribution < 1.29 is 4.79 Å². The third kappa shape index (κ3) is 2.85. The molecule has 0 aliphatic carbocycles. The number of hydrogen-bond donors (Lipinski definition) is 1. The molecule has 0 radical (unpaired) electrons. The average molecular weight is 223 g/mol. The second kappa shape index (κ2) is 4.70. The van der Waals surface area contributed by atoms with Gasteiger partial charge in [-0.05, 0) is 26.0 Å². The summed E-state index contributed by atoms with van der Waals surface area (Å²) in [5, 5.41) is 3.27. The van der Waals surface area contributed by atoms with E-state index in [0.717, 1.165) is 0 Å². The molecule has 0 saturated carbocycles. The summed E-state index contributed by atoms with van der Waals surface area (Å²) in [6, 6.07) is 4.04. The zero-order valence-electron chi connectivity index (χ0n) is 10.7. The summed E-state index contributed by atoms with van der Waals surface area (Å²) >= 11 is 0. The van der Waals surface area contributed by atoms with Crippen molar-refractivity contribution in [3.8, 4) is 0 Å². The molecule has 1 rings (SSSR count). The van der Waals surface area contributed by atoms with Crippen molar-refractivity contribution in [3.05, 3.63) is 24.0 Å². The molecule has 1 amide bonds. The maximum absolute atomic E-state index is 11.9. The zero-order valence-corrected chi connectivity index (χ0v) is 10.7. The summed E-state index contributed by atoms with van der Waals surface area (Å²) in [4.78, 5) is 13.5. The quantitative estimate of drug-likeness (QED) is 0.826. The van der Waals surface area contributed by atoms with Crippen LogP contribution in [0, 0.1) is 0 Å². The fraction of sp³-hybridized carbons (Fsp3) is 0.583. The molecule has 1 heterocycles. The van der Waals surface area contributed by atoms with Crippen LogP contribution in [-0.2, 0) is 18.4 Å². The van der Waals surface area contributed by atoms with Crippen molar-refractivity contribution in [2.24, 2.45) is 7.05 Å². The van der Waals surface area contributed by atoms with Crippen molar-refractivity contribution in [2.45, 2.75) is 25.9 Å². The van der Waals surface area contributed by atoms with Gasteiger partial charge in [-0.2, -0.15) is 0 Å². The van der Waals surface area contributed by atoms with Gasteiger partial charge in [0.2, 0.25) is 5.91 Å². The molecule has 0 saturated heterocycles. The number of aromatic nitrogens is 1. The van der Waals surface area contributed by atoms with Crippen LogP contribution in [0.3, 0.4) is 0 Å². The van der Waals surface area contributed by atoms with Crippen molar-refractivity contribution in [1.82, 2.24) is 14.8 Å². The molecule has 90 valence electrons. The van der Waals surface area contributed by atoms with Gasteiger partial charge in [0.25, 0.3) is 0 Å². The summed E-state index contributed by atoms with van der Waals surface area (Å²) in [6.07, 6.45) is 2.00. The molecule has 0 bridgehead atoms. The first-order chi connectivity index (χ1) is 7.34. The lowest BCUT2D eigenvalue weighted by Gasteiger charge is -2.28. The normalized spacial score (nSPS) is 11.6. The van der Waals surface area contributed by atoms with E-state index in [1.54, 1.807) is 19.0 Å². The van der Waals surface area contributed by atoms with E-state index >= 15 is 0 Å². The molecule has 4 heteroatoms. The second-order valence-corrected chi connectivity index (χ2v) is 4.79. The highest BCUT2D eigenvalue weighted by atomic mass is 16.2. The predicted molar refractivity (Wildman–Crippen MR) is 65.0 cm³/mol. The molecule has 0 atom stereocenters. The third-order valence-corrected chi connectivity index (χ3v) is 2.70. The number of nitrogens with one attached hydrogen (secondary N) is 1. The second-order valence-electron chi connectivity index (χ2n) is 4.79. The van der Waals surface area contributed by atoms with Gasteiger partial charge in [-0.15, -0.1) is 0 Å². The number of carbonyl (C=O) groups is 1. The van der Waals surface area contributed by atoms with Gasteiger partial charge in [0.15, 0.2) is 0 Å². The largest absolute Gasteiger partial charge is 0.353 e. The molecule has 0 fully saturated rings. The summed E-state index contributed by atoms with van der Waals surface area (Å²) < 4.78 is 2.04. The van der Waals surface area contributed by atoms with Gasteiger partial charge < -0.3 is 9.47 Å². The number of amides is 1. The Kier molecular flexibility index (Phi) is 3.75. The van der Waals surface area contributed by atoms with Crippen molar-refractivity contribution in [3.63, 3.8) is 0 Å². The SMILES string of the molecule is CN(C)C(=O)C(C)(C)NCc1cccn1C. The number of aryl methyl sites for hydroxylation is 1. The smallest absolute Gasteiger partial charge is 0.241 e. The Morgan fingerprint density at radius 3 is 2.56 bits per heavy atom. The van der Waals surface area contributed by atoms with E-state index in [-0.39, 0.29) is 5.91 Å². The molecule has 16 heavy (non-hydrogen) atoms. The lowest BCUT2D eigenvalue weighted by Crippen LogP contribution is -2.51. The first kappa shape index (κ1) is 12.8. The zero-order chi connectivity index (χ0) is 12.3. The summed E-state index contributed by atoms with van der Waals surface area (Å²) in [6.45, 7) is 4.49. The van der Waals surface area contributed by atoms with E-state index < -0.39 is 5.54 Å². The predicted octanol–water partition coefficient (Wildman–Crippen LogP) is 0.981. The van der Waals surface area contributed by atoms with Crippen molar-refractivity contribution in [1.29, 1.82) is 0 Å². The lowest BCUT2D eigenvalue weighted by molar-refractivity contribution is -0.134. The number of hydrogen-bond acceptors (Lipinski definition) is 2. The van der Waals surface area contributed by atoms with Crippen LogP contribution in [0.5, 0.6) is 0 Å². The summed E-state index contributed by atoms with van der Waals surface area (Å²) in [5.41, 5.74) is 0.632. The Morgan fingerprint density at radius 1 is 1.50 bits per heavy atom. The van der Waals surface area contributed by atoms with Gasteiger partial charge in [-0.1, -0.05) is 0 Å². The van der Waals surface area contributed by atoms with Crippen molar-refractivity contribution >= 4 is 5.91 Å². The highest BCUT2D eigenvalue weighted by Crippen LogP contribution is 2.08. The minimum Gasteiger partial charge on any atom is -0.353 e. The van der Waals surface area contributed by atoms with Crippen LogP contribution in [0.4, 0.5) is 0 Å². The average Bonchev–Trinajstić information content (AvgIpc) is 2.60. The Balaban J connectivity index is 2.61. The van der Waals surface area contributed by atoms with Gasteiger partial charge in [-0.25, -0.2) is 0 Å². The standard InChI is InChI=1S/C12H21N3O/c1-12(2,11(16)14(3)4)13-9-10-7-6-8-15(10)5/h6-8,13H,9H2,1-5H3. The molecule has 0 aromatic carbocycles. The van der Waals surface area contributed by atoms with Crippen LogP contribution >= 0.6 is 0 Å². The first-order valence-electron chi connectivity index (χ1n) is 5.41. The van der Waals surface area contributed by atoms with E-state index in [1.807, 2.05) is 43.8 Å². The van der Waals surface area contributed by atoms with E-state index in [2.05, 4.69) is 5.32 Å². The van der Waals surface area contributed by atoms with E-state index in [9.17, 15) is 4.79 Å². The maximum Gasteiger partial charge on any atom is 0.241 e. The molecule has 1 N–H and O–H groups in total. The molecule has 0 unspecified atom stereocenters. The van der Waals surface area contributed by atoms with Gasteiger partial charge in [0.1, 0.15) is 0 Å². The van der Waals surface area contributed by atoms with Crippen LogP contribution < -0.4 is 5.32 Å². The van der Waals surface area contributed by atoms with E-state index in [4.69, 9.17) is 0 Å². The number of carbonyl (C=O) groups excluding carboxylic acids is 1. The Bertz CT molecular complexity index is 366. The highest BCUT2D eigenvalue weighted by molar-refractivity contribution is 5.85. The Labute approximate surface area is 97.2 Å². The van der Waals surface area contributed by atoms with Gasteiger partial charge in [0.05, 0.1) is 5.54 Å². The van der Waals surface area contributed by atoms with Gasteiger partial charge >= 0.3 is 0 Å². The van der Waals surface area contributed by atoms with Crippen LogP contribution in [0.25, 0.3) is 0 Å². The Morgan fingerprint density at radius 2 is 2.12 bits per heavy atom. The molecule has 1 aromatic heterocycles. The fourth-order valence-corrected chi connectivity index (χ4v) is 1.63. The van der Waals surface area contributed by atoms with Gasteiger partial charge in [-0.3, -0.25) is 10.1 Å². The van der Waals surface area contributed by atoms with Crippen LogP contribution in [0.15, 0.2) is 18.3 Å². The molecule has 1 aromatic rings. The number of likely N-dealkylation sites (N-methyl/N-ethyl adjacent to an activating group) is 1. The minimum atomic E-state index is -0.534. The number of nitrogens with zero attached hydrogens (tertiary/aromatic N) is 2. The van der Waals surface area contributed by atoms with E-state index in [0.29, 0.717) is 6.54 Å². The Hall–Kier alpha value is -1.29. The van der Waals surface area contributed by atoms with E-state index in [1.165, 1.54) is 5.69 Å². The van der Waals surface area contributed by atoms with Crippen molar-refractivity contribution in [2.75, 3.05) is 14.1 Å². The molecule has 0 aliphatic heterocycles. The van der Waals surface area contributed by atoms with Gasteiger partial charge in [0, 0.05) is 39.6 Å².